The van der Waals surface area contributed by atoms with Gasteiger partial charge in [0.15, 0.2) is 0 Å². The van der Waals surface area contributed by atoms with Gasteiger partial charge in [-0.1, -0.05) is 23.7 Å². The van der Waals surface area contributed by atoms with Crippen molar-refractivity contribution in [2.45, 2.75) is 0 Å². The zero-order chi connectivity index (χ0) is 9.97. The molecule has 0 aliphatic carbocycles. The second-order valence-corrected chi connectivity index (χ2v) is 3.29. The molecule has 70 valence electrons. The third-order valence-electron chi connectivity index (χ3n) is 1.81. The van der Waals surface area contributed by atoms with Crippen LogP contribution in [0.2, 0.25) is 5.02 Å². The first-order valence-electron chi connectivity index (χ1n) is 4.11. The summed E-state index contributed by atoms with van der Waals surface area (Å²) < 4.78 is 0. The molecular weight excluding hydrogens is 198 g/mol. The molecular formula is C10H8ClN3. The van der Waals surface area contributed by atoms with E-state index in [-0.39, 0.29) is 0 Å². The third-order valence-corrected chi connectivity index (χ3v) is 2.04. The molecule has 3 nitrogen and oxygen atoms in total. The highest BCUT2D eigenvalue weighted by atomic mass is 35.5. The maximum atomic E-state index is 5.85. The van der Waals surface area contributed by atoms with E-state index in [1.54, 1.807) is 6.07 Å². The summed E-state index contributed by atoms with van der Waals surface area (Å²) in [6.45, 7) is 0. The molecule has 0 bridgehead atoms. The zero-order valence-corrected chi connectivity index (χ0v) is 8.07. The van der Waals surface area contributed by atoms with E-state index < -0.39 is 0 Å². The topological polar surface area (TPSA) is 51.8 Å². The zero-order valence-electron chi connectivity index (χ0n) is 7.31. The van der Waals surface area contributed by atoms with E-state index in [0.717, 1.165) is 11.3 Å². The highest BCUT2D eigenvalue weighted by Crippen LogP contribution is 2.20. The lowest BCUT2D eigenvalue weighted by Gasteiger charge is -1.99. The van der Waals surface area contributed by atoms with Crippen LogP contribution in [-0.4, -0.2) is 10.2 Å². The number of aromatic nitrogens is 2. The quantitative estimate of drug-likeness (QED) is 0.778. The van der Waals surface area contributed by atoms with E-state index in [9.17, 15) is 0 Å². The second-order valence-electron chi connectivity index (χ2n) is 2.85. The van der Waals surface area contributed by atoms with Crippen LogP contribution in [0.25, 0.3) is 11.3 Å². The number of nitrogens with zero attached hydrogens (tertiary/aromatic N) is 2. The van der Waals surface area contributed by atoms with Crippen molar-refractivity contribution >= 4 is 17.4 Å². The van der Waals surface area contributed by atoms with Crippen molar-refractivity contribution in [1.82, 2.24) is 10.2 Å². The van der Waals surface area contributed by atoms with Gasteiger partial charge >= 0.3 is 0 Å². The van der Waals surface area contributed by atoms with Gasteiger partial charge in [0, 0.05) is 10.6 Å². The molecule has 1 heterocycles. The van der Waals surface area contributed by atoms with Crippen LogP contribution in [0.1, 0.15) is 0 Å². The average molecular weight is 206 g/mol. The first-order chi connectivity index (χ1) is 6.75. The number of nitrogen functional groups attached to an aromatic ring is 1. The van der Waals surface area contributed by atoms with Gasteiger partial charge in [-0.2, -0.15) is 0 Å². The number of halogens is 1. The second kappa shape index (κ2) is 3.64. The smallest absolute Gasteiger partial charge is 0.146 e. The van der Waals surface area contributed by atoms with Crippen LogP contribution in [0, 0.1) is 0 Å². The lowest BCUT2D eigenvalue weighted by atomic mass is 10.1. The fourth-order valence-corrected chi connectivity index (χ4v) is 1.33. The van der Waals surface area contributed by atoms with Gasteiger partial charge in [-0.25, -0.2) is 0 Å². The Morgan fingerprint density at radius 2 is 1.93 bits per heavy atom. The van der Waals surface area contributed by atoms with E-state index in [1.165, 1.54) is 0 Å². The minimum absolute atomic E-state index is 0.413. The first-order valence-corrected chi connectivity index (χ1v) is 4.48. The predicted octanol–water partition coefficient (Wildman–Crippen LogP) is 2.38. The van der Waals surface area contributed by atoms with Crippen molar-refractivity contribution in [3.8, 4) is 11.3 Å². The van der Waals surface area contributed by atoms with E-state index in [4.69, 9.17) is 17.3 Å². The monoisotopic (exact) mass is 205 g/mol. The molecule has 0 amide bonds. The van der Waals surface area contributed by atoms with Crippen LogP contribution in [0.4, 0.5) is 5.82 Å². The molecule has 1 aromatic carbocycles. The molecule has 14 heavy (non-hydrogen) atoms. The van der Waals surface area contributed by atoms with Gasteiger partial charge in [0.05, 0.1) is 5.69 Å². The molecule has 1 aromatic heterocycles. The molecule has 0 radical (unpaired) electrons. The number of hydrogen-bond donors (Lipinski definition) is 1. The van der Waals surface area contributed by atoms with E-state index in [0.29, 0.717) is 10.8 Å². The molecule has 0 aliphatic rings. The normalized spacial score (nSPS) is 10.1. The molecule has 2 aromatic rings. The number of rotatable bonds is 1. The fourth-order valence-electron chi connectivity index (χ4n) is 1.14. The Balaban J connectivity index is 2.44. The first kappa shape index (κ1) is 8.97. The Bertz CT molecular complexity index is 439. The summed E-state index contributed by atoms with van der Waals surface area (Å²) in [6.07, 6.45) is 0. The van der Waals surface area contributed by atoms with Crippen LogP contribution in [0.15, 0.2) is 36.4 Å². The number of hydrogen-bond acceptors (Lipinski definition) is 3. The number of benzene rings is 1. The molecule has 0 saturated carbocycles. The molecule has 0 saturated heterocycles. The van der Waals surface area contributed by atoms with Gasteiger partial charge in [-0.15, -0.1) is 10.2 Å². The summed E-state index contributed by atoms with van der Waals surface area (Å²) in [5.74, 6) is 0.413. The molecule has 0 unspecified atom stereocenters. The van der Waals surface area contributed by atoms with Gasteiger partial charge in [-0.3, -0.25) is 0 Å². The number of nitrogens with two attached hydrogens (primary N) is 1. The Morgan fingerprint density at radius 1 is 1.07 bits per heavy atom. The molecule has 0 atom stereocenters. The molecule has 4 heteroatoms. The van der Waals surface area contributed by atoms with Crippen molar-refractivity contribution in [1.29, 1.82) is 0 Å². The van der Waals surface area contributed by atoms with Gasteiger partial charge in [0.25, 0.3) is 0 Å². The van der Waals surface area contributed by atoms with Crippen molar-refractivity contribution in [3.05, 3.63) is 41.4 Å². The third kappa shape index (κ3) is 1.83. The van der Waals surface area contributed by atoms with Crippen molar-refractivity contribution < 1.29 is 0 Å². The summed E-state index contributed by atoms with van der Waals surface area (Å²) in [4.78, 5) is 0. The maximum absolute atomic E-state index is 5.85. The maximum Gasteiger partial charge on any atom is 0.146 e. The highest BCUT2D eigenvalue weighted by Gasteiger charge is 1.99. The van der Waals surface area contributed by atoms with E-state index >= 15 is 0 Å². The molecule has 2 rings (SSSR count). The Morgan fingerprint density at radius 3 is 2.57 bits per heavy atom. The SMILES string of the molecule is Nc1ccc(-c2cccc(Cl)c2)nn1. The molecule has 0 aliphatic heterocycles. The lowest BCUT2D eigenvalue weighted by molar-refractivity contribution is 1.05. The minimum atomic E-state index is 0.413. The number of anilines is 1. The Labute approximate surface area is 86.5 Å². The van der Waals surface area contributed by atoms with Crippen molar-refractivity contribution in [2.24, 2.45) is 0 Å². The van der Waals surface area contributed by atoms with Gasteiger partial charge in [0.1, 0.15) is 5.82 Å². The molecule has 2 N–H and O–H groups in total. The lowest BCUT2D eigenvalue weighted by Crippen LogP contribution is -1.93. The summed E-state index contributed by atoms with van der Waals surface area (Å²) in [7, 11) is 0. The summed E-state index contributed by atoms with van der Waals surface area (Å²) in [5, 5.41) is 8.41. The van der Waals surface area contributed by atoms with Crippen LogP contribution in [0.5, 0.6) is 0 Å². The Kier molecular flexibility index (Phi) is 2.33. The average Bonchev–Trinajstić information content (AvgIpc) is 2.19. The highest BCUT2D eigenvalue weighted by molar-refractivity contribution is 6.30. The standard InChI is InChI=1S/C10H8ClN3/c11-8-3-1-2-7(6-8)9-4-5-10(12)14-13-9/h1-6H,(H2,12,14). The van der Waals surface area contributed by atoms with Crippen LogP contribution in [-0.2, 0) is 0 Å². The van der Waals surface area contributed by atoms with Crippen LogP contribution >= 0.6 is 11.6 Å². The largest absolute Gasteiger partial charge is 0.382 e. The summed E-state index contributed by atoms with van der Waals surface area (Å²) in [6, 6.07) is 11.0. The van der Waals surface area contributed by atoms with Gasteiger partial charge < -0.3 is 5.73 Å². The minimum Gasteiger partial charge on any atom is -0.382 e. The van der Waals surface area contributed by atoms with Gasteiger partial charge in [0.2, 0.25) is 0 Å². The van der Waals surface area contributed by atoms with E-state index in [1.807, 2.05) is 30.3 Å². The summed E-state index contributed by atoms with van der Waals surface area (Å²) >= 11 is 5.85. The van der Waals surface area contributed by atoms with Crippen LogP contribution < -0.4 is 5.73 Å². The van der Waals surface area contributed by atoms with E-state index in [2.05, 4.69) is 10.2 Å². The predicted molar refractivity (Wildman–Crippen MR) is 56.9 cm³/mol. The van der Waals surface area contributed by atoms with Crippen LogP contribution in [0.3, 0.4) is 0 Å². The molecule has 0 fully saturated rings. The van der Waals surface area contributed by atoms with Gasteiger partial charge in [-0.05, 0) is 24.3 Å². The van der Waals surface area contributed by atoms with Crippen molar-refractivity contribution in [3.63, 3.8) is 0 Å². The summed E-state index contributed by atoms with van der Waals surface area (Å²) in [5.41, 5.74) is 7.14. The fraction of sp³-hybridized carbons (Fsp3) is 0. The van der Waals surface area contributed by atoms with Crippen molar-refractivity contribution in [2.75, 3.05) is 5.73 Å². The molecule has 0 spiro atoms. The Hall–Kier alpha value is -1.61.